The third-order valence-corrected chi connectivity index (χ3v) is 8.02. The molecule has 0 saturated heterocycles. The number of aromatic nitrogens is 2. The van der Waals surface area contributed by atoms with E-state index in [1.54, 1.807) is 13.8 Å². The Bertz CT molecular complexity index is 1050. The summed E-state index contributed by atoms with van der Waals surface area (Å²) in [6.45, 7) is 4.62. The number of aliphatic imine (C=N–C) groups is 1. The Kier molecular flexibility index (Phi) is 5.76. The highest BCUT2D eigenvalue weighted by atomic mass is 32.3. The Hall–Kier alpha value is -2.70. The molecule has 0 fully saturated rings. The zero-order chi connectivity index (χ0) is 23.2. The average Bonchev–Trinajstić information content (AvgIpc) is 2.67. The molecule has 0 aliphatic carbocycles. The zero-order valence-electron chi connectivity index (χ0n) is 16.9. The normalized spacial score (nSPS) is 23.2. The molecule has 0 unspecified atom stereocenters. The summed E-state index contributed by atoms with van der Waals surface area (Å²) in [5.74, 6) is -1.70. The van der Waals surface area contributed by atoms with Crippen molar-refractivity contribution < 1.29 is 27.1 Å². The molecule has 0 bridgehead atoms. The van der Waals surface area contributed by atoms with Crippen LogP contribution < -0.4 is 11.1 Å². The minimum Gasteiger partial charge on any atom is -0.386 e. The highest BCUT2D eigenvalue weighted by molar-refractivity contribution is 8.26. The first-order valence-corrected chi connectivity index (χ1v) is 10.8. The van der Waals surface area contributed by atoms with Crippen LogP contribution in [0, 0.1) is 5.82 Å². The molecular weight excluding hydrogens is 435 g/mol. The molecule has 168 valence electrons. The average molecular weight is 457 g/mol. The lowest BCUT2D eigenvalue weighted by Crippen LogP contribution is -2.52. The number of benzene rings is 1. The Morgan fingerprint density at radius 3 is 2.45 bits per heavy atom. The number of nitrogens with one attached hydrogen (secondary N) is 1. The molecule has 31 heavy (non-hydrogen) atoms. The number of carbonyl (C=O) groups excluding carboxylic acids is 1. The SMILES string of the molecule is CC1(C)C(N)=N[C@](C)(c2cc(NC(=O)c3cnc(C(F)F)cn3)ccc2F)CS1(O)O. The van der Waals surface area contributed by atoms with Crippen LogP contribution in [-0.4, -0.2) is 41.3 Å². The molecule has 0 radical (unpaired) electrons. The number of nitrogens with two attached hydrogens (primary N) is 1. The van der Waals surface area contributed by atoms with Crippen molar-refractivity contribution in [3.05, 3.63) is 53.4 Å². The predicted octanol–water partition coefficient (Wildman–Crippen LogP) is 3.92. The molecule has 1 atom stereocenters. The first-order valence-electron chi connectivity index (χ1n) is 9.09. The lowest BCUT2D eigenvalue weighted by molar-refractivity contribution is 0.102. The molecule has 2 aromatic rings. The van der Waals surface area contributed by atoms with Crippen molar-refractivity contribution in [3.8, 4) is 0 Å². The van der Waals surface area contributed by atoms with E-state index < -0.39 is 44.7 Å². The molecule has 8 nitrogen and oxygen atoms in total. The molecule has 12 heteroatoms. The van der Waals surface area contributed by atoms with Crippen molar-refractivity contribution in [1.29, 1.82) is 0 Å². The van der Waals surface area contributed by atoms with Gasteiger partial charge in [-0.3, -0.25) is 23.9 Å². The van der Waals surface area contributed by atoms with Gasteiger partial charge in [-0.15, -0.1) is 0 Å². The lowest BCUT2D eigenvalue weighted by atomic mass is 9.92. The standard InChI is InChI=1S/C19H22F3N5O3S/c1-18(2)17(23)27-19(3,9-31(18,29)30)11-6-10(4-5-12(11)20)26-16(28)14-8-24-13(7-25-14)15(21)22/h4-8,15,29-30H,9H2,1-3H3,(H2,23,27)(H,26,28)/t19-/m0/s1. The summed E-state index contributed by atoms with van der Waals surface area (Å²) >= 11 is 0. The minimum atomic E-state index is -3.26. The van der Waals surface area contributed by atoms with Gasteiger partial charge in [-0.2, -0.15) is 10.6 Å². The highest BCUT2D eigenvalue weighted by Gasteiger charge is 2.49. The predicted molar refractivity (Wildman–Crippen MR) is 112 cm³/mol. The fourth-order valence-electron chi connectivity index (χ4n) is 3.09. The van der Waals surface area contributed by atoms with E-state index >= 15 is 0 Å². The van der Waals surface area contributed by atoms with Gasteiger partial charge in [0.15, 0.2) is 0 Å². The number of halogens is 3. The van der Waals surface area contributed by atoms with Gasteiger partial charge < -0.3 is 11.1 Å². The van der Waals surface area contributed by atoms with Crippen LogP contribution in [0.2, 0.25) is 0 Å². The molecule has 1 aromatic carbocycles. The van der Waals surface area contributed by atoms with Gasteiger partial charge >= 0.3 is 0 Å². The monoisotopic (exact) mass is 457 g/mol. The van der Waals surface area contributed by atoms with Gasteiger partial charge in [0.2, 0.25) is 0 Å². The van der Waals surface area contributed by atoms with E-state index in [4.69, 9.17) is 5.73 Å². The summed E-state index contributed by atoms with van der Waals surface area (Å²) in [5, 5.41) is 2.49. The van der Waals surface area contributed by atoms with E-state index in [9.17, 15) is 27.1 Å². The number of hydrogen-bond acceptors (Lipinski definition) is 7. The third-order valence-electron chi connectivity index (χ3n) is 5.22. The summed E-state index contributed by atoms with van der Waals surface area (Å²) in [7, 11) is -3.26. The first kappa shape index (κ1) is 23.0. The fraction of sp³-hybridized carbons (Fsp3) is 0.368. The van der Waals surface area contributed by atoms with Gasteiger partial charge in [0, 0.05) is 11.3 Å². The van der Waals surface area contributed by atoms with E-state index in [-0.39, 0.29) is 28.5 Å². The number of amidine groups is 1. The minimum absolute atomic E-state index is 0.00265. The second-order valence-corrected chi connectivity index (χ2v) is 10.5. The van der Waals surface area contributed by atoms with Gasteiger partial charge in [-0.05, 0) is 39.0 Å². The van der Waals surface area contributed by atoms with Gasteiger partial charge in [-0.25, -0.2) is 18.2 Å². The smallest absolute Gasteiger partial charge is 0.281 e. The van der Waals surface area contributed by atoms with Crippen LogP contribution in [0.1, 0.15) is 48.9 Å². The van der Waals surface area contributed by atoms with Crippen molar-refractivity contribution in [1.82, 2.24) is 9.97 Å². The maximum Gasteiger partial charge on any atom is 0.281 e. The molecular formula is C19H22F3N5O3S. The van der Waals surface area contributed by atoms with Gasteiger partial charge in [0.05, 0.1) is 18.1 Å². The molecule has 1 amide bonds. The Morgan fingerprint density at radius 2 is 1.90 bits per heavy atom. The number of hydrogen-bond donors (Lipinski definition) is 4. The van der Waals surface area contributed by atoms with Crippen molar-refractivity contribution >= 4 is 28.0 Å². The summed E-state index contributed by atoms with van der Waals surface area (Å²) in [4.78, 5) is 23.8. The lowest BCUT2D eigenvalue weighted by Gasteiger charge is -2.53. The quantitative estimate of drug-likeness (QED) is 0.550. The Balaban J connectivity index is 1.92. The van der Waals surface area contributed by atoms with E-state index in [0.29, 0.717) is 0 Å². The fourth-order valence-corrected chi connectivity index (χ4v) is 4.83. The van der Waals surface area contributed by atoms with E-state index in [0.717, 1.165) is 18.5 Å². The molecule has 0 spiro atoms. The number of rotatable bonds is 4. The van der Waals surface area contributed by atoms with Crippen LogP contribution in [0.4, 0.5) is 18.9 Å². The Morgan fingerprint density at radius 1 is 1.23 bits per heavy atom. The summed E-state index contributed by atoms with van der Waals surface area (Å²) < 4.78 is 59.9. The number of amides is 1. The van der Waals surface area contributed by atoms with E-state index in [1.165, 1.54) is 19.1 Å². The molecule has 1 aliphatic heterocycles. The van der Waals surface area contributed by atoms with Crippen LogP contribution in [-0.2, 0) is 5.54 Å². The van der Waals surface area contributed by atoms with Crippen molar-refractivity contribution in [3.63, 3.8) is 0 Å². The largest absolute Gasteiger partial charge is 0.386 e. The molecule has 1 aromatic heterocycles. The second-order valence-electron chi connectivity index (χ2n) is 7.87. The Labute approximate surface area is 178 Å². The maximum atomic E-state index is 14.7. The molecule has 1 aliphatic rings. The highest BCUT2D eigenvalue weighted by Crippen LogP contribution is 2.59. The van der Waals surface area contributed by atoms with E-state index in [2.05, 4.69) is 20.3 Å². The number of alkyl halides is 2. The maximum absolute atomic E-state index is 14.7. The molecule has 5 N–H and O–H groups in total. The zero-order valence-corrected chi connectivity index (χ0v) is 17.8. The van der Waals surface area contributed by atoms with Gasteiger partial charge in [-0.1, -0.05) is 0 Å². The first-order chi connectivity index (χ1) is 14.3. The van der Waals surface area contributed by atoms with Crippen LogP contribution >= 0.6 is 10.6 Å². The van der Waals surface area contributed by atoms with Gasteiger partial charge in [0.1, 0.15) is 33.3 Å². The van der Waals surface area contributed by atoms with Crippen molar-refractivity contribution in [2.24, 2.45) is 10.7 Å². The number of nitrogens with zero attached hydrogens (tertiary/aromatic N) is 3. The molecule has 3 rings (SSSR count). The van der Waals surface area contributed by atoms with Crippen molar-refractivity contribution in [2.45, 2.75) is 37.5 Å². The number of carbonyl (C=O) groups is 1. The molecule has 0 saturated carbocycles. The van der Waals surface area contributed by atoms with Crippen LogP contribution in [0.25, 0.3) is 0 Å². The summed E-state index contributed by atoms with van der Waals surface area (Å²) in [6.07, 6.45) is -1.11. The number of anilines is 1. The van der Waals surface area contributed by atoms with Crippen LogP contribution in [0.5, 0.6) is 0 Å². The van der Waals surface area contributed by atoms with Gasteiger partial charge in [0.25, 0.3) is 12.3 Å². The van der Waals surface area contributed by atoms with Crippen LogP contribution in [0.3, 0.4) is 0 Å². The third kappa shape index (κ3) is 4.23. The second kappa shape index (κ2) is 7.77. The summed E-state index contributed by atoms with van der Waals surface area (Å²) in [5.41, 5.74) is 3.97. The summed E-state index contributed by atoms with van der Waals surface area (Å²) in [6, 6.07) is 3.69. The van der Waals surface area contributed by atoms with Crippen LogP contribution in [0.15, 0.2) is 35.6 Å². The molecule has 2 heterocycles. The topological polar surface area (TPSA) is 134 Å². The van der Waals surface area contributed by atoms with Crippen molar-refractivity contribution in [2.75, 3.05) is 11.1 Å². The van der Waals surface area contributed by atoms with E-state index in [1.807, 2.05) is 0 Å².